The second kappa shape index (κ2) is 8.31. The van der Waals surface area contributed by atoms with Crippen molar-refractivity contribution in [1.82, 2.24) is 9.97 Å². The first-order chi connectivity index (χ1) is 13.0. The summed E-state index contributed by atoms with van der Waals surface area (Å²) in [5, 5.41) is 6.15. The van der Waals surface area contributed by atoms with E-state index in [0.29, 0.717) is 30.2 Å². The first-order valence-electron chi connectivity index (χ1n) is 8.79. The molecule has 0 atom stereocenters. The third-order valence-electron chi connectivity index (χ3n) is 4.10. The molecule has 138 valence electrons. The molecule has 2 aromatic carbocycles. The molecular formula is C21H22N4O2. The lowest BCUT2D eigenvalue weighted by Crippen LogP contribution is -2.16. The van der Waals surface area contributed by atoms with Gasteiger partial charge in [0.15, 0.2) is 0 Å². The molecule has 1 heterocycles. The van der Waals surface area contributed by atoms with E-state index >= 15 is 0 Å². The molecule has 3 N–H and O–H groups in total. The van der Waals surface area contributed by atoms with Crippen LogP contribution in [0.1, 0.15) is 17.7 Å². The predicted octanol–water partition coefficient (Wildman–Crippen LogP) is 3.49. The van der Waals surface area contributed by atoms with E-state index in [4.69, 9.17) is 0 Å². The number of aryl methyl sites for hydroxylation is 2. The fraction of sp³-hybridized carbons (Fsp3) is 0.190. The van der Waals surface area contributed by atoms with Crippen molar-refractivity contribution < 1.29 is 4.79 Å². The van der Waals surface area contributed by atoms with Crippen molar-refractivity contribution in [2.45, 2.75) is 20.3 Å². The van der Waals surface area contributed by atoms with Crippen LogP contribution in [0.3, 0.4) is 0 Å². The minimum Gasteiger partial charge on any atom is -0.384 e. The van der Waals surface area contributed by atoms with Gasteiger partial charge >= 0.3 is 0 Å². The topological polar surface area (TPSA) is 86.9 Å². The Morgan fingerprint density at radius 2 is 1.89 bits per heavy atom. The minimum atomic E-state index is -0.200. The number of carbonyl (C=O) groups is 1. The fourth-order valence-corrected chi connectivity index (χ4v) is 2.77. The summed E-state index contributed by atoms with van der Waals surface area (Å²) in [6.45, 7) is 4.34. The van der Waals surface area contributed by atoms with Crippen molar-refractivity contribution in [3.63, 3.8) is 0 Å². The van der Waals surface area contributed by atoms with E-state index in [2.05, 4.69) is 20.6 Å². The van der Waals surface area contributed by atoms with Crippen LogP contribution in [-0.2, 0) is 4.79 Å². The number of carbonyl (C=O) groups excluding carboxylic acids is 1. The monoisotopic (exact) mass is 362 g/mol. The molecule has 1 amide bonds. The Morgan fingerprint density at radius 1 is 1.07 bits per heavy atom. The smallest absolute Gasteiger partial charge is 0.251 e. The van der Waals surface area contributed by atoms with Crippen LogP contribution in [0.4, 0.5) is 11.4 Å². The number of aromatic amines is 1. The third kappa shape index (κ3) is 5.04. The van der Waals surface area contributed by atoms with Gasteiger partial charge < -0.3 is 15.6 Å². The molecule has 1 aromatic heterocycles. The second-order valence-corrected chi connectivity index (χ2v) is 6.36. The highest BCUT2D eigenvalue weighted by Gasteiger charge is 2.06. The maximum atomic E-state index is 12.2. The molecule has 0 spiro atoms. The van der Waals surface area contributed by atoms with Gasteiger partial charge in [0.1, 0.15) is 5.82 Å². The van der Waals surface area contributed by atoms with Crippen LogP contribution in [0.15, 0.2) is 59.4 Å². The van der Waals surface area contributed by atoms with E-state index < -0.39 is 0 Å². The summed E-state index contributed by atoms with van der Waals surface area (Å²) in [5.74, 6) is 0.399. The number of para-hydroxylation sites is 1. The van der Waals surface area contributed by atoms with E-state index in [1.165, 1.54) is 6.07 Å². The standard InChI is InChI=1S/C21H22N4O2/c1-14-6-3-4-9-18(14)22-11-10-19(26)24-17-8-5-7-16(13-17)21-23-15(2)12-20(27)25-21/h3-9,12-13,22H,10-11H2,1-2H3,(H,24,26)(H,23,25,27). The van der Waals surface area contributed by atoms with Gasteiger partial charge in [-0.1, -0.05) is 30.3 Å². The zero-order valence-corrected chi connectivity index (χ0v) is 15.4. The van der Waals surface area contributed by atoms with Gasteiger partial charge in [0.25, 0.3) is 5.56 Å². The molecule has 3 aromatic rings. The molecule has 0 saturated heterocycles. The van der Waals surface area contributed by atoms with Crippen molar-refractivity contribution in [3.05, 3.63) is 76.2 Å². The third-order valence-corrected chi connectivity index (χ3v) is 4.10. The zero-order valence-electron chi connectivity index (χ0n) is 15.4. The number of benzene rings is 2. The number of aromatic nitrogens is 2. The van der Waals surface area contributed by atoms with Crippen molar-refractivity contribution in [3.8, 4) is 11.4 Å². The van der Waals surface area contributed by atoms with Crippen LogP contribution in [0, 0.1) is 13.8 Å². The maximum absolute atomic E-state index is 12.2. The first kappa shape index (κ1) is 18.4. The van der Waals surface area contributed by atoms with Crippen LogP contribution in [-0.4, -0.2) is 22.4 Å². The van der Waals surface area contributed by atoms with Gasteiger partial charge in [0.2, 0.25) is 5.91 Å². The van der Waals surface area contributed by atoms with Gasteiger partial charge in [-0.05, 0) is 37.6 Å². The van der Waals surface area contributed by atoms with Crippen molar-refractivity contribution in [1.29, 1.82) is 0 Å². The van der Waals surface area contributed by atoms with E-state index in [-0.39, 0.29) is 11.5 Å². The number of H-pyrrole nitrogens is 1. The number of hydrogen-bond donors (Lipinski definition) is 3. The van der Waals surface area contributed by atoms with Gasteiger partial charge in [-0.3, -0.25) is 9.59 Å². The van der Waals surface area contributed by atoms with Crippen molar-refractivity contribution in [2.24, 2.45) is 0 Å². The Balaban J connectivity index is 1.61. The molecule has 0 fully saturated rings. The Morgan fingerprint density at radius 3 is 2.67 bits per heavy atom. The van der Waals surface area contributed by atoms with Crippen LogP contribution < -0.4 is 16.2 Å². The average Bonchev–Trinajstić information content (AvgIpc) is 2.63. The Kier molecular flexibility index (Phi) is 5.66. The molecule has 0 radical (unpaired) electrons. The molecule has 0 bridgehead atoms. The van der Waals surface area contributed by atoms with E-state index in [9.17, 15) is 9.59 Å². The summed E-state index contributed by atoms with van der Waals surface area (Å²) in [5.41, 5.74) is 4.02. The summed E-state index contributed by atoms with van der Waals surface area (Å²) in [6.07, 6.45) is 0.345. The van der Waals surface area contributed by atoms with E-state index in [0.717, 1.165) is 16.8 Å². The number of nitrogens with zero attached hydrogens (tertiary/aromatic N) is 1. The summed E-state index contributed by atoms with van der Waals surface area (Å²) < 4.78 is 0. The Hall–Kier alpha value is -3.41. The largest absolute Gasteiger partial charge is 0.384 e. The highest BCUT2D eigenvalue weighted by Crippen LogP contribution is 2.19. The lowest BCUT2D eigenvalue weighted by atomic mass is 10.1. The average molecular weight is 362 g/mol. The second-order valence-electron chi connectivity index (χ2n) is 6.36. The predicted molar refractivity (Wildman–Crippen MR) is 108 cm³/mol. The van der Waals surface area contributed by atoms with Crippen LogP contribution in [0.25, 0.3) is 11.4 Å². The quantitative estimate of drug-likeness (QED) is 0.626. The molecule has 3 rings (SSSR count). The fourth-order valence-electron chi connectivity index (χ4n) is 2.77. The molecular weight excluding hydrogens is 340 g/mol. The van der Waals surface area contributed by atoms with Gasteiger partial charge in [0.05, 0.1) is 0 Å². The van der Waals surface area contributed by atoms with Gasteiger partial charge in [-0.15, -0.1) is 0 Å². The molecule has 0 aliphatic rings. The maximum Gasteiger partial charge on any atom is 0.251 e. The Labute approximate surface area is 157 Å². The lowest BCUT2D eigenvalue weighted by Gasteiger charge is -2.10. The summed E-state index contributed by atoms with van der Waals surface area (Å²) >= 11 is 0. The van der Waals surface area contributed by atoms with Crippen LogP contribution >= 0.6 is 0 Å². The summed E-state index contributed by atoms with van der Waals surface area (Å²) in [6, 6.07) is 16.7. The molecule has 0 unspecified atom stereocenters. The first-order valence-corrected chi connectivity index (χ1v) is 8.79. The highest BCUT2D eigenvalue weighted by molar-refractivity contribution is 5.91. The van der Waals surface area contributed by atoms with Crippen LogP contribution in [0.2, 0.25) is 0 Å². The summed E-state index contributed by atoms with van der Waals surface area (Å²) in [4.78, 5) is 30.9. The number of nitrogens with one attached hydrogen (secondary N) is 3. The van der Waals surface area contributed by atoms with E-state index in [1.807, 2.05) is 49.4 Å². The number of amides is 1. The Bertz CT molecular complexity index is 1010. The van der Waals surface area contributed by atoms with Gasteiger partial charge in [0, 0.05) is 41.7 Å². The normalized spacial score (nSPS) is 10.4. The molecule has 27 heavy (non-hydrogen) atoms. The summed E-state index contributed by atoms with van der Waals surface area (Å²) in [7, 11) is 0. The number of hydrogen-bond acceptors (Lipinski definition) is 4. The van der Waals surface area contributed by atoms with Crippen molar-refractivity contribution in [2.75, 3.05) is 17.2 Å². The molecule has 6 nitrogen and oxygen atoms in total. The van der Waals surface area contributed by atoms with Gasteiger partial charge in [-0.25, -0.2) is 4.98 Å². The molecule has 0 aliphatic carbocycles. The number of rotatable bonds is 6. The minimum absolute atomic E-state index is 0.0843. The van der Waals surface area contributed by atoms with Crippen molar-refractivity contribution >= 4 is 17.3 Å². The molecule has 0 saturated carbocycles. The zero-order chi connectivity index (χ0) is 19.2. The highest BCUT2D eigenvalue weighted by atomic mass is 16.1. The lowest BCUT2D eigenvalue weighted by molar-refractivity contribution is -0.115. The SMILES string of the molecule is Cc1cc(=O)[nH]c(-c2cccc(NC(=O)CCNc3ccccc3C)c2)n1. The molecule has 0 aliphatic heterocycles. The van der Waals surface area contributed by atoms with E-state index in [1.54, 1.807) is 13.0 Å². The van der Waals surface area contributed by atoms with Crippen LogP contribution in [0.5, 0.6) is 0 Å². The number of anilines is 2. The van der Waals surface area contributed by atoms with Gasteiger partial charge in [-0.2, -0.15) is 0 Å². The molecule has 6 heteroatoms.